The summed E-state index contributed by atoms with van der Waals surface area (Å²) in [5, 5.41) is 0. The number of rotatable bonds is 3. The number of benzene rings is 1. The van der Waals surface area contributed by atoms with Crippen LogP contribution in [-0.4, -0.2) is 5.91 Å². The first-order chi connectivity index (χ1) is 8.11. The zero-order chi connectivity index (χ0) is 12.4. The Labute approximate surface area is 102 Å². The molecule has 0 bridgehead atoms. The van der Waals surface area contributed by atoms with E-state index in [9.17, 15) is 9.18 Å². The topological polar surface area (TPSA) is 69.1 Å². The van der Waals surface area contributed by atoms with Crippen molar-refractivity contribution in [2.45, 2.75) is 6.54 Å². The van der Waals surface area contributed by atoms with Gasteiger partial charge in [-0.3, -0.25) is 4.79 Å². The summed E-state index contributed by atoms with van der Waals surface area (Å²) < 4.78 is 13.1. The van der Waals surface area contributed by atoms with Crippen molar-refractivity contribution in [3.05, 3.63) is 46.6 Å². The molecule has 1 heterocycles. The van der Waals surface area contributed by atoms with Gasteiger partial charge in [0.25, 0.3) is 5.91 Å². The Morgan fingerprint density at radius 1 is 1.29 bits per heavy atom. The standard InChI is InChI=1S/C12H11FN2OS/c13-8-1-2-9(7(5-8)6-14)10-3-4-11(17-10)12(15)16/h1-5H,6,14H2,(H2,15,16). The van der Waals surface area contributed by atoms with E-state index in [1.807, 2.05) is 0 Å². The largest absolute Gasteiger partial charge is 0.365 e. The third-order valence-electron chi connectivity index (χ3n) is 2.40. The van der Waals surface area contributed by atoms with E-state index in [1.165, 1.54) is 23.5 Å². The molecule has 0 fully saturated rings. The average Bonchev–Trinajstić information content (AvgIpc) is 2.78. The molecule has 2 aromatic rings. The van der Waals surface area contributed by atoms with Crippen LogP contribution in [0.25, 0.3) is 10.4 Å². The molecule has 2 rings (SSSR count). The van der Waals surface area contributed by atoms with Crippen LogP contribution in [-0.2, 0) is 6.54 Å². The average molecular weight is 250 g/mol. The van der Waals surface area contributed by atoms with Gasteiger partial charge in [0.15, 0.2) is 0 Å². The second-order valence-corrected chi connectivity index (χ2v) is 4.62. The van der Waals surface area contributed by atoms with Crippen LogP contribution in [0.4, 0.5) is 4.39 Å². The Bertz CT molecular complexity index is 565. The fraction of sp³-hybridized carbons (Fsp3) is 0.0833. The minimum absolute atomic E-state index is 0.247. The van der Waals surface area contributed by atoms with Crippen molar-refractivity contribution in [1.29, 1.82) is 0 Å². The summed E-state index contributed by atoms with van der Waals surface area (Å²) in [6.07, 6.45) is 0. The Morgan fingerprint density at radius 3 is 2.65 bits per heavy atom. The Morgan fingerprint density at radius 2 is 2.06 bits per heavy atom. The van der Waals surface area contributed by atoms with Crippen molar-refractivity contribution in [2.75, 3.05) is 0 Å². The van der Waals surface area contributed by atoms with Crippen LogP contribution in [0.1, 0.15) is 15.2 Å². The van der Waals surface area contributed by atoms with E-state index >= 15 is 0 Å². The number of hydrogen-bond donors (Lipinski definition) is 2. The number of halogens is 1. The summed E-state index contributed by atoms with van der Waals surface area (Å²) in [6, 6.07) is 7.88. The molecule has 17 heavy (non-hydrogen) atoms. The van der Waals surface area contributed by atoms with Crippen molar-refractivity contribution in [3.8, 4) is 10.4 Å². The number of carbonyl (C=O) groups excluding carboxylic acids is 1. The lowest BCUT2D eigenvalue weighted by molar-refractivity contribution is 0.100. The maximum atomic E-state index is 13.1. The molecule has 0 saturated carbocycles. The maximum absolute atomic E-state index is 13.1. The molecule has 0 aliphatic carbocycles. The Kier molecular flexibility index (Phi) is 3.21. The highest BCUT2D eigenvalue weighted by Crippen LogP contribution is 2.30. The smallest absolute Gasteiger partial charge is 0.258 e. The molecule has 0 aliphatic heterocycles. The number of amides is 1. The molecule has 0 spiro atoms. The van der Waals surface area contributed by atoms with Gasteiger partial charge in [0.05, 0.1) is 4.88 Å². The van der Waals surface area contributed by atoms with Crippen molar-refractivity contribution in [2.24, 2.45) is 11.5 Å². The monoisotopic (exact) mass is 250 g/mol. The van der Waals surface area contributed by atoms with Crippen LogP contribution in [0.3, 0.4) is 0 Å². The number of carbonyl (C=O) groups is 1. The molecule has 0 atom stereocenters. The molecule has 88 valence electrons. The van der Waals surface area contributed by atoms with Gasteiger partial charge in [-0.15, -0.1) is 11.3 Å². The maximum Gasteiger partial charge on any atom is 0.258 e. The van der Waals surface area contributed by atoms with Gasteiger partial charge in [0, 0.05) is 11.4 Å². The minimum atomic E-state index is -0.460. The lowest BCUT2D eigenvalue weighted by atomic mass is 10.1. The molecule has 1 amide bonds. The molecule has 0 radical (unpaired) electrons. The highest BCUT2D eigenvalue weighted by Gasteiger charge is 2.10. The quantitative estimate of drug-likeness (QED) is 0.876. The molecular weight excluding hydrogens is 239 g/mol. The summed E-state index contributed by atoms with van der Waals surface area (Å²) in [5.41, 5.74) is 12.3. The first-order valence-electron chi connectivity index (χ1n) is 5.00. The zero-order valence-electron chi connectivity index (χ0n) is 8.94. The second kappa shape index (κ2) is 4.65. The van der Waals surface area contributed by atoms with E-state index in [1.54, 1.807) is 18.2 Å². The minimum Gasteiger partial charge on any atom is -0.365 e. The number of thiophene rings is 1. The lowest BCUT2D eigenvalue weighted by Crippen LogP contribution is -2.08. The van der Waals surface area contributed by atoms with Crippen molar-refractivity contribution < 1.29 is 9.18 Å². The Hall–Kier alpha value is -1.72. The van der Waals surface area contributed by atoms with E-state index < -0.39 is 5.91 Å². The third kappa shape index (κ3) is 2.35. The summed E-state index contributed by atoms with van der Waals surface area (Å²) in [4.78, 5) is 12.3. The molecule has 0 unspecified atom stereocenters. The van der Waals surface area contributed by atoms with Crippen molar-refractivity contribution in [3.63, 3.8) is 0 Å². The second-order valence-electron chi connectivity index (χ2n) is 3.53. The summed E-state index contributed by atoms with van der Waals surface area (Å²) >= 11 is 1.28. The van der Waals surface area contributed by atoms with Crippen LogP contribution >= 0.6 is 11.3 Å². The summed E-state index contributed by atoms with van der Waals surface area (Å²) in [5.74, 6) is -0.779. The third-order valence-corrected chi connectivity index (χ3v) is 3.53. The molecule has 0 saturated heterocycles. The highest BCUT2D eigenvalue weighted by molar-refractivity contribution is 7.17. The van der Waals surface area contributed by atoms with Crippen molar-refractivity contribution >= 4 is 17.2 Å². The van der Waals surface area contributed by atoms with E-state index in [0.29, 0.717) is 10.4 Å². The van der Waals surface area contributed by atoms with E-state index in [2.05, 4.69) is 0 Å². The van der Waals surface area contributed by atoms with Crippen LogP contribution in [0.15, 0.2) is 30.3 Å². The van der Waals surface area contributed by atoms with Crippen molar-refractivity contribution in [1.82, 2.24) is 0 Å². The van der Waals surface area contributed by atoms with Crippen LogP contribution in [0.5, 0.6) is 0 Å². The number of hydrogen-bond acceptors (Lipinski definition) is 3. The first-order valence-corrected chi connectivity index (χ1v) is 5.82. The van der Waals surface area contributed by atoms with Gasteiger partial charge in [-0.1, -0.05) is 6.07 Å². The van der Waals surface area contributed by atoms with Crippen LogP contribution < -0.4 is 11.5 Å². The predicted molar refractivity (Wildman–Crippen MR) is 66.1 cm³/mol. The van der Waals surface area contributed by atoms with E-state index in [0.717, 1.165) is 10.4 Å². The molecular formula is C12H11FN2OS. The lowest BCUT2D eigenvalue weighted by Gasteiger charge is -2.05. The molecule has 0 aliphatic rings. The molecule has 1 aromatic carbocycles. The van der Waals surface area contributed by atoms with Crippen LogP contribution in [0, 0.1) is 5.82 Å². The summed E-state index contributed by atoms with van der Waals surface area (Å²) in [7, 11) is 0. The van der Waals surface area contributed by atoms with E-state index in [4.69, 9.17) is 11.5 Å². The highest BCUT2D eigenvalue weighted by atomic mass is 32.1. The SMILES string of the molecule is NCc1cc(F)ccc1-c1ccc(C(N)=O)s1. The first kappa shape index (κ1) is 11.8. The Balaban J connectivity index is 2.48. The zero-order valence-corrected chi connectivity index (χ0v) is 9.76. The van der Waals surface area contributed by atoms with E-state index in [-0.39, 0.29) is 12.4 Å². The number of primary amides is 1. The van der Waals surface area contributed by atoms with Crippen LogP contribution in [0.2, 0.25) is 0 Å². The van der Waals surface area contributed by atoms with Gasteiger partial charge in [-0.05, 0) is 35.4 Å². The molecule has 1 aromatic heterocycles. The normalized spacial score (nSPS) is 10.5. The predicted octanol–water partition coefficient (Wildman–Crippen LogP) is 2.11. The fourth-order valence-electron chi connectivity index (χ4n) is 1.59. The number of nitrogens with two attached hydrogens (primary N) is 2. The molecule has 5 heteroatoms. The summed E-state index contributed by atoms with van der Waals surface area (Å²) in [6.45, 7) is 0.247. The van der Waals surface area contributed by atoms with Gasteiger partial charge in [-0.2, -0.15) is 0 Å². The fourth-order valence-corrected chi connectivity index (χ4v) is 2.51. The van der Waals surface area contributed by atoms with Gasteiger partial charge >= 0.3 is 0 Å². The van der Waals surface area contributed by atoms with Gasteiger partial charge < -0.3 is 11.5 Å². The molecule has 4 N–H and O–H groups in total. The van der Waals surface area contributed by atoms with Gasteiger partial charge in [-0.25, -0.2) is 4.39 Å². The van der Waals surface area contributed by atoms with Gasteiger partial charge in [0.1, 0.15) is 5.82 Å². The van der Waals surface area contributed by atoms with Gasteiger partial charge in [0.2, 0.25) is 0 Å². The molecule has 3 nitrogen and oxygen atoms in total.